The van der Waals surface area contributed by atoms with Gasteiger partial charge in [-0.05, 0) is 65.4 Å². The summed E-state index contributed by atoms with van der Waals surface area (Å²) in [5.74, 6) is -0.143. The van der Waals surface area contributed by atoms with Crippen molar-refractivity contribution in [2.45, 2.75) is 25.2 Å². The number of carbonyl (C=O) groups is 1. The fraction of sp³-hybridized carbons (Fsp3) is 0.222. The first-order chi connectivity index (χ1) is 11.5. The number of fused-ring (bicyclic) bond motifs is 1. The van der Waals surface area contributed by atoms with Crippen LogP contribution < -0.4 is 5.32 Å². The normalized spacial score (nSPS) is 11.0. The summed E-state index contributed by atoms with van der Waals surface area (Å²) in [5.41, 5.74) is 4.03. The fourth-order valence-corrected chi connectivity index (χ4v) is 3.70. The van der Waals surface area contributed by atoms with E-state index in [1.54, 1.807) is 11.8 Å². The molecule has 0 saturated carbocycles. The van der Waals surface area contributed by atoms with Crippen molar-refractivity contribution in [3.63, 3.8) is 0 Å². The minimum Gasteiger partial charge on any atom is -0.321 e. The van der Waals surface area contributed by atoms with Gasteiger partial charge < -0.3 is 5.32 Å². The van der Waals surface area contributed by atoms with Crippen LogP contribution in [0.3, 0.4) is 0 Å². The van der Waals surface area contributed by atoms with Crippen molar-refractivity contribution in [3.8, 4) is 0 Å². The number of thioether (sulfide) groups is 1. The van der Waals surface area contributed by atoms with E-state index in [1.165, 1.54) is 0 Å². The molecule has 0 bridgehead atoms. The van der Waals surface area contributed by atoms with E-state index in [4.69, 9.17) is 0 Å². The largest absolute Gasteiger partial charge is 0.321 e. The maximum atomic E-state index is 12.9. The van der Waals surface area contributed by atoms with Gasteiger partial charge in [0.15, 0.2) is 0 Å². The van der Waals surface area contributed by atoms with Gasteiger partial charge in [0.05, 0.1) is 5.69 Å². The SMILES string of the molecule is CCc1nc2c(C)cc(Br)cn2c1C(=O)Nc1cccc(SC)c1. The lowest BCUT2D eigenvalue weighted by Crippen LogP contribution is -2.16. The minimum atomic E-state index is -0.143. The predicted molar refractivity (Wildman–Crippen MR) is 103 cm³/mol. The number of carbonyl (C=O) groups excluding carboxylic acids is 1. The van der Waals surface area contributed by atoms with Crippen LogP contribution in [0, 0.1) is 6.92 Å². The van der Waals surface area contributed by atoms with Crippen molar-refractivity contribution in [1.29, 1.82) is 0 Å². The molecule has 1 aromatic carbocycles. The number of anilines is 1. The third kappa shape index (κ3) is 3.21. The summed E-state index contributed by atoms with van der Waals surface area (Å²) in [4.78, 5) is 18.7. The van der Waals surface area contributed by atoms with Gasteiger partial charge in [0, 0.05) is 21.3 Å². The van der Waals surface area contributed by atoms with E-state index in [9.17, 15) is 4.79 Å². The van der Waals surface area contributed by atoms with Crippen LogP contribution in [0.2, 0.25) is 0 Å². The zero-order chi connectivity index (χ0) is 17.3. The van der Waals surface area contributed by atoms with Gasteiger partial charge in [0.1, 0.15) is 11.3 Å². The number of halogens is 1. The Morgan fingerprint density at radius 1 is 1.38 bits per heavy atom. The van der Waals surface area contributed by atoms with E-state index in [0.29, 0.717) is 12.1 Å². The number of aryl methyl sites for hydroxylation is 2. The van der Waals surface area contributed by atoms with Crippen molar-refractivity contribution in [3.05, 3.63) is 58.0 Å². The molecule has 1 amide bonds. The minimum absolute atomic E-state index is 0.143. The van der Waals surface area contributed by atoms with Crippen molar-refractivity contribution >= 4 is 44.9 Å². The second kappa shape index (κ2) is 6.99. The maximum Gasteiger partial charge on any atom is 0.274 e. The lowest BCUT2D eigenvalue weighted by molar-refractivity contribution is 0.102. The van der Waals surface area contributed by atoms with Gasteiger partial charge in [-0.1, -0.05) is 13.0 Å². The Morgan fingerprint density at radius 2 is 2.17 bits per heavy atom. The number of hydrogen-bond donors (Lipinski definition) is 1. The van der Waals surface area contributed by atoms with E-state index in [1.807, 2.05) is 61.0 Å². The Kier molecular flexibility index (Phi) is 4.96. The molecule has 0 aliphatic heterocycles. The Morgan fingerprint density at radius 3 is 2.88 bits per heavy atom. The van der Waals surface area contributed by atoms with Gasteiger partial charge in [0.2, 0.25) is 0 Å². The van der Waals surface area contributed by atoms with Crippen LogP contribution in [0.1, 0.15) is 28.7 Å². The van der Waals surface area contributed by atoms with Crippen LogP contribution in [-0.4, -0.2) is 21.5 Å². The summed E-state index contributed by atoms with van der Waals surface area (Å²) >= 11 is 5.15. The molecule has 6 heteroatoms. The number of hydrogen-bond acceptors (Lipinski definition) is 3. The number of aromatic nitrogens is 2. The molecule has 0 fully saturated rings. The Labute approximate surface area is 153 Å². The lowest BCUT2D eigenvalue weighted by Gasteiger charge is -2.08. The molecular weight excluding hydrogens is 386 g/mol. The molecule has 0 spiro atoms. The zero-order valence-corrected chi connectivity index (χ0v) is 16.2. The number of nitrogens with one attached hydrogen (secondary N) is 1. The molecule has 4 nitrogen and oxygen atoms in total. The average molecular weight is 404 g/mol. The molecule has 0 saturated heterocycles. The topological polar surface area (TPSA) is 46.4 Å². The second-order valence-corrected chi connectivity index (χ2v) is 7.28. The van der Waals surface area contributed by atoms with Gasteiger partial charge in [-0.2, -0.15) is 0 Å². The third-order valence-corrected chi connectivity index (χ3v) is 4.98. The molecule has 0 aliphatic carbocycles. The Bertz CT molecular complexity index is 920. The van der Waals surface area contributed by atoms with Crippen LogP contribution in [0.25, 0.3) is 5.65 Å². The Balaban J connectivity index is 2.05. The molecule has 2 aromatic heterocycles. The van der Waals surface area contributed by atoms with Crippen LogP contribution in [0.4, 0.5) is 5.69 Å². The first-order valence-electron chi connectivity index (χ1n) is 7.66. The zero-order valence-electron chi connectivity index (χ0n) is 13.8. The van der Waals surface area contributed by atoms with E-state index >= 15 is 0 Å². The van der Waals surface area contributed by atoms with E-state index in [-0.39, 0.29) is 5.91 Å². The molecule has 1 N–H and O–H groups in total. The first-order valence-corrected chi connectivity index (χ1v) is 9.67. The van der Waals surface area contributed by atoms with E-state index < -0.39 is 0 Å². The molecular formula is C18H18BrN3OS. The van der Waals surface area contributed by atoms with Crippen molar-refractivity contribution in [1.82, 2.24) is 9.38 Å². The molecule has 2 heterocycles. The molecule has 24 heavy (non-hydrogen) atoms. The van der Waals surface area contributed by atoms with Gasteiger partial charge >= 0.3 is 0 Å². The number of benzene rings is 1. The van der Waals surface area contributed by atoms with Gasteiger partial charge in [-0.3, -0.25) is 9.20 Å². The monoisotopic (exact) mass is 403 g/mol. The standard InChI is InChI=1S/C18H18BrN3OS/c1-4-15-16(22-10-12(19)8-11(2)17(22)21-15)18(23)20-13-6-5-7-14(9-13)24-3/h5-10H,4H2,1-3H3,(H,20,23). The highest BCUT2D eigenvalue weighted by Gasteiger charge is 2.19. The molecule has 0 aliphatic rings. The van der Waals surface area contributed by atoms with Crippen LogP contribution in [0.5, 0.6) is 0 Å². The number of pyridine rings is 1. The van der Waals surface area contributed by atoms with Crippen LogP contribution in [-0.2, 0) is 6.42 Å². The quantitative estimate of drug-likeness (QED) is 0.627. The van der Waals surface area contributed by atoms with Crippen molar-refractivity contribution < 1.29 is 4.79 Å². The highest BCUT2D eigenvalue weighted by Crippen LogP contribution is 2.23. The molecule has 0 radical (unpaired) electrons. The highest BCUT2D eigenvalue weighted by molar-refractivity contribution is 9.10. The summed E-state index contributed by atoms with van der Waals surface area (Å²) in [6.45, 7) is 4.01. The number of amides is 1. The maximum absolute atomic E-state index is 12.9. The highest BCUT2D eigenvalue weighted by atomic mass is 79.9. The van der Waals surface area contributed by atoms with Gasteiger partial charge in [-0.15, -0.1) is 11.8 Å². The summed E-state index contributed by atoms with van der Waals surface area (Å²) in [7, 11) is 0. The smallest absolute Gasteiger partial charge is 0.274 e. The third-order valence-electron chi connectivity index (χ3n) is 3.82. The number of nitrogens with zero attached hydrogens (tertiary/aromatic N) is 2. The molecule has 124 valence electrons. The number of imidazole rings is 1. The van der Waals surface area contributed by atoms with Crippen LogP contribution >= 0.6 is 27.7 Å². The summed E-state index contributed by atoms with van der Waals surface area (Å²) in [6.07, 6.45) is 4.61. The van der Waals surface area contributed by atoms with E-state index in [0.717, 1.165) is 32.0 Å². The van der Waals surface area contributed by atoms with Gasteiger partial charge in [0.25, 0.3) is 5.91 Å². The number of rotatable bonds is 4. The molecule has 3 rings (SSSR count). The first kappa shape index (κ1) is 17.0. The molecule has 3 aromatic rings. The second-order valence-electron chi connectivity index (χ2n) is 5.48. The summed E-state index contributed by atoms with van der Waals surface area (Å²) in [5, 5.41) is 3.00. The summed E-state index contributed by atoms with van der Waals surface area (Å²) in [6, 6.07) is 9.83. The molecule has 0 unspecified atom stereocenters. The summed E-state index contributed by atoms with van der Waals surface area (Å²) < 4.78 is 2.79. The Hall–Kier alpha value is -1.79. The van der Waals surface area contributed by atoms with Crippen molar-refractivity contribution in [2.75, 3.05) is 11.6 Å². The van der Waals surface area contributed by atoms with E-state index in [2.05, 4.69) is 26.2 Å². The lowest BCUT2D eigenvalue weighted by atomic mass is 10.2. The fourth-order valence-electron chi connectivity index (χ4n) is 2.69. The average Bonchev–Trinajstić information content (AvgIpc) is 2.93. The van der Waals surface area contributed by atoms with Crippen molar-refractivity contribution in [2.24, 2.45) is 0 Å². The predicted octanol–water partition coefficient (Wildman–Crippen LogP) is 4.94. The molecule has 0 atom stereocenters. The van der Waals surface area contributed by atoms with Gasteiger partial charge in [-0.25, -0.2) is 4.98 Å². The van der Waals surface area contributed by atoms with Crippen LogP contribution in [0.15, 0.2) is 45.9 Å².